The van der Waals surface area contributed by atoms with E-state index in [-0.39, 0.29) is 11.9 Å². The minimum Gasteiger partial charge on any atom is -0.325 e. The average Bonchev–Trinajstić information content (AvgIpc) is 2.74. The monoisotopic (exact) mass is 268 g/mol. The summed E-state index contributed by atoms with van der Waals surface area (Å²) in [5.41, 5.74) is 0.657. The first-order valence-corrected chi connectivity index (χ1v) is 6.84. The Morgan fingerprint density at radius 1 is 1.10 bits per heavy atom. The van der Waals surface area contributed by atoms with Crippen molar-refractivity contribution in [3.8, 4) is 0 Å². The van der Waals surface area contributed by atoms with Crippen molar-refractivity contribution in [1.82, 2.24) is 5.32 Å². The van der Waals surface area contributed by atoms with Crippen LogP contribution >= 0.6 is 0 Å². The van der Waals surface area contributed by atoms with E-state index in [2.05, 4.69) is 5.32 Å². The molecule has 4 heteroatoms. The summed E-state index contributed by atoms with van der Waals surface area (Å²) in [6.45, 7) is 2.00. The zero-order valence-corrected chi connectivity index (χ0v) is 11.3. The summed E-state index contributed by atoms with van der Waals surface area (Å²) in [7, 11) is 0. The fraction of sp³-hybridized carbons (Fsp3) is 0.250. The molecule has 0 aliphatic carbocycles. The number of imide groups is 1. The van der Waals surface area contributed by atoms with Gasteiger partial charge in [0.05, 0.1) is 5.69 Å². The number of benzene rings is 2. The van der Waals surface area contributed by atoms with Crippen molar-refractivity contribution in [1.29, 1.82) is 0 Å². The van der Waals surface area contributed by atoms with Gasteiger partial charge in [-0.2, -0.15) is 0 Å². The van der Waals surface area contributed by atoms with Gasteiger partial charge in [-0.25, -0.2) is 9.69 Å². The number of fused-ring (bicyclic) bond motifs is 1. The van der Waals surface area contributed by atoms with Crippen molar-refractivity contribution in [2.45, 2.75) is 25.8 Å². The van der Waals surface area contributed by atoms with Gasteiger partial charge in [-0.1, -0.05) is 49.7 Å². The largest absolute Gasteiger partial charge is 0.329 e. The average molecular weight is 268 g/mol. The minimum absolute atomic E-state index is 0.159. The van der Waals surface area contributed by atoms with Gasteiger partial charge in [0.2, 0.25) is 0 Å². The van der Waals surface area contributed by atoms with Crippen LogP contribution in [-0.2, 0) is 4.79 Å². The molecule has 2 aromatic carbocycles. The molecule has 0 bridgehead atoms. The molecule has 1 aliphatic rings. The SMILES string of the molecule is CCCC1NC(=O)N(c2cccc3ccccc23)C1=O. The van der Waals surface area contributed by atoms with E-state index in [1.165, 1.54) is 4.90 Å². The Morgan fingerprint density at radius 2 is 1.85 bits per heavy atom. The Morgan fingerprint density at radius 3 is 2.65 bits per heavy atom. The molecule has 3 rings (SSSR count). The van der Waals surface area contributed by atoms with Crippen molar-refractivity contribution in [2.75, 3.05) is 4.90 Å². The highest BCUT2D eigenvalue weighted by Gasteiger charge is 2.38. The summed E-state index contributed by atoms with van der Waals surface area (Å²) >= 11 is 0. The number of rotatable bonds is 3. The Balaban J connectivity index is 2.07. The summed E-state index contributed by atoms with van der Waals surface area (Å²) in [5, 5.41) is 4.69. The zero-order valence-electron chi connectivity index (χ0n) is 11.3. The van der Waals surface area contributed by atoms with Crippen LogP contribution in [0.25, 0.3) is 10.8 Å². The highest BCUT2D eigenvalue weighted by atomic mass is 16.2. The Kier molecular flexibility index (Phi) is 3.14. The van der Waals surface area contributed by atoms with Crippen molar-refractivity contribution >= 4 is 28.4 Å². The van der Waals surface area contributed by atoms with E-state index in [1.54, 1.807) is 0 Å². The second-order valence-electron chi connectivity index (χ2n) is 4.96. The van der Waals surface area contributed by atoms with Crippen LogP contribution in [0.15, 0.2) is 42.5 Å². The Hall–Kier alpha value is -2.36. The lowest BCUT2D eigenvalue weighted by Gasteiger charge is -2.15. The van der Waals surface area contributed by atoms with Gasteiger partial charge in [0.15, 0.2) is 0 Å². The number of anilines is 1. The van der Waals surface area contributed by atoms with Crippen molar-refractivity contribution in [2.24, 2.45) is 0 Å². The van der Waals surface area contributed by atoms with Crippen molar-refractivity contribution < 1.29 is 9.59 Å². The number of hydrogen-bond donors (Lipinski definition) is 1. The standard InChI is InChI=1S/C16H16N2O2/c1-2-6-13-15(19)18(16(20)17-13)14-10-5-8-11-7-3-4-9-12(11)14/h3-5,7-10,13H,2,6H2,1H3,(H,17,20). The summed E-state index contributed by atoms with van der Waals surface area (Å²) < 4.78 is 0. The second-order valence-corrected chi connectivity index (χ2v) is 4.96. The number of hydrogen-bond acceptors (Lipinski definition) is 2. The van der Waals surface area contributed by atoms with Crippen LogP contribution in [0.5, 0.6) is 0 Å². The van der Waals surface area contributed by atoms with Gasteiger partial charge in [0.1, 0.15) is 6.04 Å². The lowest BCUT2D eigenvalue weighted by atomic mass is 10.1. The van der Waals surface area contributed by atoms with Crippen LogP contribution in [-0.4, -0.2) is 18.0 Å². The molecule has 1 fully saturated rings. The fourth-order valence-electron chi connectivity index (χ4n) is 2.65. The first kappa shape index (κ1) is 12.7. The molecular formula is C16H16N2O2. The van der Waals surface area contributed by atoms with E-state index in [0.717, 1.165) is 17.2 Å². The van der Waals surface area contributed by atoms with Gasteiger partial charge in [0.25, 0.3) is 5.91 Å². The van der Waals surface area contributed by atoms with Crippen LogP contribution in [0.3, 0.4) is 0 Å². The van der Waals surface area contributed by atoms with Crippen LogP contribution in [0.4, 0.5) is 10.5 Å². The summed E-state index contributed by atoms with van der Waals surface area (Å²) in [6, 6.07) is 12.7. The van der Waals surface area contributed by atoms with E-state index < -0.39 is 6.04 Å². The molecule has 0 radical (unpaired) electrons. The first-order valence-electron chi connectivity index (χ1n) is 6.84. The molecule has 102 valence electrons. The quantitative estimate of drug-likeness (QED) is 0.870. The van der Waals surface area contributed by atoms with Crippen LogP contribution in [0, 0.1) is 0 Å². The number of amides is 3. The van der Waals surface area contributed by atoms with Crippen molar-refractivity contribution in [3.63, 3.8) is 0 Å². The predicted molar refractivity (Wildman–Crippen MR) is 78.7 cm³/mol. The first-order chi connectivity index (χ1) is 9.72. The van der Waals surface area contributed by atoms with Gasteiger partial charge in [-0.3, -0.25) is 4.79 Å². The third-order valence-corrected chi connectivity index (χ3v) is 3.60. The van der Waals surface area contributed by atoms with E-state index in [1.807, 2.05) is 49.4 Å². The maximum atomic E-state index is 12.4. The van der Waals surface area contributed by atoms with Gasteiger partial charge in [-0.15, -0.1) is 0 Å². The second kappa shape index (κ2) is 4.96. The van der Waals surface area contributed by atoms with Gasteiger partial charge in [-0.05, 0) is 17.9 Å². The van der Waals surface area contributed by atoms with Gasteiger partial charge >= 0.3 is 6.03 Å². The molecule has 4 nitrogen and oxygen atoms in total. The lowest BCUT2D eigenvalue weighted by Crippen LogP contribution is -2.31. The molecule has 1 heterocycles. The highest BCUT2D eigenvalue weighted by molar-refractivity contribution is 6.24. The molecule has 1 N–H and O–H groups in total. The highest BCUT2D eigenvalue weighted by Crippen LogP contribution is 2.29. The maximum Gasteiger partial charge on any atom is 0.329 e. The molecule has 20 heavy (non-hydrogen) atoms. The molecule has 0 saturated carbocycles. The van der Waals surface area contributed by atoms with Crippen LogP contribution in [0.1, 0.15) is 19.8 Å². The number of carbonyl (C=O) groups excluding carboxylic acids is 2. The van der Waals surface area contributed by atoms with E-state index in [9.17, 15) is 9.59 Å². The van der Waals surface area contributed by atoms with Gasteiger partial charge < -0.3 is 5.32 Å². The number of nitrogens with one attached hydrogen (secondary N) is 1. The van der Waals surface area contributed by atoms with E-state index in [0.29, 0.717) is 12.1 Å². The van der Waals surface area contributed by atoms with Crippen molar-refractivity contribution in [3.05, 3.63) is 42.5 Å². The molecule has 1 aliphatic heterocycles. The van der Waals surface area contributed by atoms with Crippen LogP contribution < -0.4 is 10.2 Å². The van der Waals surface area contributed by atoms with Crippen LogP contribution in [0.2, 0.25) is 0 Å². The lowest BCUT2D eigenvalue weighted by molar-refractivity contribution is -0.118. The molecular weight excluding hydrogens is 252 g/mol. The predicted octanol–water partition coefficient (Wildman–Crippen LogP) is 3.06. The number of urea groups is 1. The Labute approximate surface area is 117 Å². The molecule has 1 atom stereocenters. The molecule has 0 spiro atoms. The minimum atomic E-state index is -0.397. The topological polar surface area (TPSA) is 49.4 Å². The number of nitrogens with zero attached hydrogens (tertiary/aromatic N) is 1. The molecule has 1 saturated heterocycles. The zero-order chi connectivity index (χ0) is 14.1. The normalized spacial score (nSPS) is 18.6. The third kappa shape index (κ3) is 1.93. The molecule has 0 aromatic heterocycles. The molecule has 2 aromatic rings. The number of carbonyl (C=O) groups is 2. The van der Waals surface area contributed by atoms with E-state index >= 15 is 0 Å². The molecule has 1 unspecified atom stereocenters. The summed E-state index contributed by atoms with van der Waals surface area (Å²) in [5.74, 6) is -0.159. The smallest absolute Gasteiger partial charge is 0.325 e. The molecule has 3 amide bonds. The van der Waals surface area contributed by atoms with Gasteiger partial charge in [0, 0.05) is 5.39 Å². The summed E-state index contributed by atoms with van der Waals surface area (Å²) in [6.07, 6.45) is 1.53. The third-order valence-electron chi connectivity index (χ3n) is 3.60. The summed E-state index contributed by atoms with van der Waals surface area (Å²) in [4.78, 5) is 25.8. The maximum absolute atomic E-state index is 12.4. The fourth-order valence-corrected chi connectivity index (χ4v) is 2.65. The Bertz CT molecular complexity index is 676. The van der Waals surface area contributed by atoms with E-state index in [4.69, 9.17) is 0 Å².